The zero-order valence-electron chi connectivity index (χ0n) is 16.4. The summed E-state index contributed by atoms with van der Waals surface area (Å²) in [6.45, 7) is 1.58. The molecule has 154 valence electrons. The Morgan fingerprint density at radius 2 is 1.90 bits per heavy atom. The first-order valence-electron chi connectivity index (χ1n) is 9.34. The van der Waals surface area contributed by atoms with Crippen LogP contribution in [0.1, 0.15) is 17.3 Å². The van der Waals surface area contributed by atoms with Gasteiger partial charge in [-0.15, -0.1) is 0 Å². The maximum atomic E-state index is 12.9. The number of carboxylic acid groups (broad SMARTS) is 1. The summed E-state index contributed by atoms with van der Waals surface area (Å²) in [4.78, 5) is 45.3. The van der Waals surface area contributed by atoms with Crippen molar-refractivity contribution in [2.45, 2.75) is 6.92 Å². The van der Waals surface area contributed by atoms with Crippen LogP contribution in [0.15, 0.2) is 72.2 Å². The predicted octanol–water partition coefficient (Wildman–Crippen LogP) is 2.82. The number of carboxylic acids is 1. The second kappa shape index (κ2) is 8.15. The van der Waals surface area contributed by atoms with Crippen LogP contribution in [0.4, 0.5) is 11.4 Å². The molecule has 1 atom stereocenters. The molecule has 0 spiro atoms. The Morgan fingerprint density at radius 1 is 1.10 bits per heavy atom. The van der Waals surface area contributed by atoms with E-state index in [0.29, 0.717) is 17.1 Å². The molecule has 4 rings (SSSR count). The number of carbonyl (C=O) groups is 3. The molecular formula is C22H17N5O4. The van der Waals surface area contributed by atoms with Crippen LogP contribution in [0.5, 0.6) is 0 Å². The van der Waals surface area contributed by atoms with Gasteiger partial charge in [0.05, 0.1) is 28.9 Å². The van der Waals surface area contributed by atoms with Gasteiger partial charge in [-0.25, -0.2) is 4.79 Å². The van der Waals surface area contributed by atoms with Crippen LogP contribution < -0.4 is 10.3 Å². The zero-order chi connectivity index (χ0) is 22.0. The lowest BCUT2D eigenvalue weighted by molar-refractivity contribution is -0.127. The summed E-state index contributed by atoms with van der Waals surface area (Å²) < 4.78 is 0. The van der Waals surface area contributed by atoms with Crippen molar-refractivity contribution >= 4 is 34.9 Å². The van der Waals surface area contributed by atoms with Gasteiger partial charge in [-0.05, 0) is 37.3 Å². The second-order valence-electron chi connectivity index (χ2n) is 6.84. The number of nitrogens with zero attached hydrogens (tertiary/aromatic N) is 4. The molecule has 0 saturated carbocycles. The number of aromatic nitrogens is 2. The maximum absolute atomic E-state index is 12.9. The van der Waals surface area contributed by atoms with Crippen LogP contribution in [0.25, 0.3) is 11.3 Å². The number of benzene rings is 2. The van der Waals surface area contributed by atoms with Crippen LogP contribution in [-0.2, 0) is 9.59 Å². The summed E-state index contributed by atoms with van der Waals surface area (Å²) in [5.74, 6) is -3.32. The molecule has 0 fully saturated rings. The van der Waals surface area contributed by atoms with E-state index in [9.17, 15) is 14.4 Å². The number of anilines is 2. The Balaban J connectivity index is 1.54. The highest BCUT2D eigenvalue weighted by atomic mass is 16.4. The highest BCUT2D eigenvalue weighted by molar-refractivity contribution is 6.28. The van der Waals surface area contributed by atoms with Crippen molar-refractivity contribution in [3.63, 3.8) is 0 Å². The molecule has 9 nitrogen and oxygen atoms in total. The molecule has 2 N–H and O–H groups in total. The normalized spacial score (nSPS) is 15.5. The van der Waals surface area contributed by atoms with Gasteiger partial charge in [-0.3, -0.25) is 19.6 Å². The van der Waals surface area contributed by atoms with E-state index in [1.807, 2.05) is 6.07 Å². The summed E-state index contributed by atoms with van der Waals surface area (Å²) in [6, 6.07) is 12.9. The molecule has 0 radical (unpaired) electrons. The van der Waals surface area contributed by atoms with Crippen LogP contribution in [0, 0.1) is 5.92 Å². The van der Waals surface area contributed by atoms with Gasteiger partial charge in [-0.2, -0.15) is 10.1 Å². The molecule has 9 heteroatoms. The van der Waals surface area contributed by atoms with Crippen molar-refractivity contribution in [3.8, 4) is 11.3 Å². The van der Waals surface area contributed by atoms with E-state index in [1.54, 1.807) is 49.8 Å². The smallest absolute Gasteiger partial charge is 0.335 e. The van der Waals surface area contributed by atoms with Crippen molar-refractivity contribution < 1.29 is 19.5 Å². The van der Waals surface area contributed by atoms with Crippen LogP contribution in [0.2, 0.25) is 0 Å². The molecule has 31 heavy (non-hydrogen) atoms. The molecule has 1 aliphatic rings. The lowest BCUT2D eigenvalue weighted by atomic mass is 10.0. The molecule has 1 aliphatic heterocycles. The van der Waals surface area contributed by atoms with E-state index in [4.69, 9.17) is 5.11 Å². The van der Waals surface area contributed by atoms with Crippen molar-refractivity contribution in [1.82, 2.24) is 9.97 Å². The van der Waals surface area contributed by atoms with Crippen molar-refractivity contribution in [2.75, 3.05) is 10.3 Å². The molecule has 0 aliphatic carbocycles. The van der Waals surface area contributed by atoms with Gasteiger partial charge < -0.3 is 10.4 Å². The van der Waals surface area contributed by atoms with E-state index < -0.39 is 23.7 Å². The number of amides is 2. The highest BCUT2D eigenvalue weighted by Crippen LogP contribution is 2.26. The number of hydrazone groups is 1. The van der Waals surface area contributed by atoms with Gasteiger partial charge in [0.25, 0.3) is 5.91 Å². The van der Waals surface area contributed by atoms with Gasteiger partial charge in [0.15, 0.2) is 5.92 Å². The molecule has 0 bridgehead atoms. The standard InChI is InChI=1S/C22H17N5O4/c1-13-19(21(29)27(26-13)17-7-3-5-15(11-17)22(30)31)20(28)25-16-6-2-4-14(10-16)18-12-23-8-9-24-18/h2-12,19H,1H3,(H,25,28)(H,30,31). The fourth-order valence-electron chi connectivity index (χ4n) is 3.24. The van der Waals surface area contributed by atoms with E-state index in [1.165, 1.54) is 18.2 Å². The zero-order valence-corrected chi connectivity index (χ0v) is 16.4. The molecule has 3 aromatic rings. The minimum Gasteiger partial charge on any atom is -0.478 e. The number of carbonyl (C=O) groups excluding carboxylic acids is 2. The van der Waals surface area contributed by atoms with Crippen molar-refractivity contribution in [2.24, 2.45) is 11.0 Å². The van der Waals surface area contributed by atoms with Gasteiger partial charge in [0, 0.05) is 23.6 Å². The summed E-state index contributed by atoms with van der Waals surface area (Å²) in [5, 5.41) is 17.1. The third-order valence-corrected chi connectivity index (χ3v) is 4.72. The predicted molar refractivity (Wildman–Crippen MR) is 114 cm³/mol. The Hall–Kier alpha value is -4.40. The number of hydrogen-bond donors (Lipinski definition) is 2. The number of hydrogen-bond acceptors (Lipinski definition) is 6. The monoisotopic (exact) mass is 415 g/mol. The van der Waals surface area contributed by atoms with Crippen LogP contribution in [0.3, 0.4) is 0 Å². The Kier molecular flexibility index (Phi) is 5.23. The fraction of sp³-hybridized carbons (Fsp3) is 0.0909. The van der Waals surface area contributed by atoms with Gasteiger partial charge in [-0.1, -0.05) is 18.2 Å². The molecule has 1 unspecified atom stereocenters. The second-order valence-corrected chi connectivity index (χ2v) is 6.84. The topological polar surface area (TPSA) is 125 Å². The maximum Gasteiger partial charge on any atom is 0.335 e. The quantitative estimate of drug-likeness (QED) is 0.618. The number of rotatable bonds is 5. The first-order valence-corrected chi connectivity index (χ1v) is 9.34. The molecule has 2 aromatic carbocycles. The van der Waals surface area contributed by atoms with Crippen molar-refractivity contribution in [1.29, 1.82) is 0 Å². The average Bonchev–Trinajstić information content (AvgIpc) is 3.08. The van der Waals surface area contributed by atoms with Gasteiger partial charge in [0.1, 0.15) is 0 Å². The number of nitrogens with one attached hydrogen (secondary N) is 1. The first-order chi connectivity index (χ1) is 14.9. The minimum absolute atomic E-state index is 0.0203. The SMILES string of the molecule is CC1=NN(c2cccc(C(=O)O)c2)C(=O)C1C(=O)Nc1cccc(-c2cnccn2)c1. The fourth-order valence-corrected chi connectivity index (χ4v) is 3.24. The third kappa shape index (κ3) is 4.01. The Labute approximate surface area is 177 Å². The lowest BCUT2D eigenvalue weighted by Crippen LogP contribution is -2.36. The van der Waals surface area contributed by atoms with Crippen molar-refractivity contribution in [3.05, 3.63) is 72.7 Å². The molecular weight excluding hydrogens is 398 g/mol. The molecule has 2 amide bonds. The molecule has 2 heterocycles. The summed E-state index contributed by atoms with van der Waals surface area (Å²) >= 11 is 0. The van der Waals surface area contributed by atoms with Gasteiger partial charge >= 0.3 is 5.97 Å². The summed E-state index contributed by atoms with van der Waals surface area (Å²) in [7, 11) is 0. The largest absolute Gasteiger partial charge is 0.478 e. The van der Waals surface area contributed by atoms with Crippen LogP contribution >= 0.6 is 0 Å². The highest BCUT2D eigenvalue weighted by Gasteiger charge is 2.40. The van der Waals surface area contributed by atoms with Crippen LogP contribution in [-0.4, -0.2) is 38.6 Å². The van der Waals surface area contributed by atoms with Gasteiger partial charge in [0.2, 0.25) is 5.91 Å². The minimum atomic E-state index is -1.12. The van der Waals surface area contributed by atoms with E-state index in [2.05, 4.69) is 20.4 Å². The first kappa shape index (κ1) is 19.9. The summed E-state index contributed by atoms with van der Waals surface area (Å²) in [6.07, 6.45) is 4.76. The molecule has 0 saturated heterocycles. The Bertz CT molecular complexity index is 1210. The number of aromatic carboxylic acids is 1. The van der Waals surface area contributed by atoms with E-state index in [-0.39, 0.29) is 11.3 Å². The average molecular weight is 415 g/mol. The lowest BCUT2D eigenvalue weighted by Gasteiger charge is -2.15. The third-order valence-electron chi connectivity index (χ3n) is 4.72. The Morgan fingerprint density at radius 3 is 2.65 bits per heavy atom. The summed E-state index contributed by atoms with van der Waals surface area (Å²) in [5.41, 5.74) is 2.53. The van der Waals surface area contributed by atoms with E-state index in [0.717, 1.165) is 10.6 Å². The van der Waals surface area contributed by atoms with E-state index >= 15 is 0 Å². The molecule has 1 aromatic heterocycles.